The van der Waals surface area contributed by atoms with Gasteiger partial charge in [-0.2, -0.15) is 10.1 Å². The maximum absolute atomic E-state index is 14.0. The number of hydrogen-bond acceptors (Lipinski definition) is 14. The summed E-state index contributed by atoms with van der Waals surface area (Å²) in [4.78, 5) is 105. The number of hydrogen-bond donors (Lipinski definition) is 0. The lowest BCUT2D eigenvalue weighted by molar-refractivity contribution is -0.202. The van der Waals surface area contributed by atoms with Gasteiger partial charge in [0.2, 0.25) is 0 Å². The molecule has 3 aromatic rings. The highest BCUT2D eigenvalue weighted by atomic mass is 32.1. The standard InChI is InChI=1S/C33H36N4O11S/c1-17(36(19(3)38)47-23(7)42)13-29(34-45-21(5)40)25-9-11-31-27(15-25)33(44)28-16-26(10-12-32(28)49-31)30(35-46-22(6)41)14-18(2)37(20(4)39)48-24(8)43/h9-12,15-18H,13-14H2,1-8H3. The fraction of sp³-hybridized carbons (Fsp3) is 0.364. The first-order valence-electron chi connectivity index (χ1n) is 14.9. The first-order chi connectivity index (χ1) is 23.0. The SMILES string of the molecule is CC(=O)ON=C(CC(C)N(OC(C)=O)C(C)=O)c1ccc2sc3ccc(C(CC(C)N(OC(C)=O)C(C)=O)=NOC(C)=O)cc3c(=O)c2c1. The minimum Gasteiger partial charge on any atom is -0.338 e. The molecule has 0 aliphatic carbocycles. The molecule has 0 aliphatic heterocycles. The van der Waals surface area contributed by atoms with Gasteiger partial charge in [0.25, 0.3) is 11.8 Å². The molecule has 2 atom stereocenters. The number of rotatable bonds is 10. The van der Waals surface area contributed by atoms with Crippen LogP contribution in [-0.4, -0.2) is 69.3 Å². The van der Waals surface area contributed by atoms with E-state index in [9.17, 15) is 33.6 Å². The third-order valence-electron chi connectivity index (χ3n) is 6.76. The third-order valence-corrected chi connectivity index (χ3v) is 7.91. The smallest absolute Gasteiger partial charge is 0.331 e. The zero-order valence-electron chi connectivity index (χ0n) is 28.2. The maximum atomic E-state index is 14.0. The molecule has 0 spiro atoms. The summed E-state index contributed by atoms with van der Waals surface area (Å²) in [6.07, 6.45) is -0.0282. The van der Waals surface area contributed by atoms with Gasteiger partial charge in [-0.1, -0.05) is 22.4 Å². The Morgan fingerprint density at radius 1 is 0.633 bits per heavy atom. The molecule has 3 rings (SSSR count). The molecule has 0 radical (unpaired) electrons. The van der Waals surface area contributed by atoms with Crippen LogP contribution in [0.4, 0.5) is 0 Å². The van der Waals surface area contributed by atoms with E-state index in [0.29, 0.717) is 31.3 Å². The van der Waals surface area contributed by atoms with Crippen LogP contribution in [0.1, 0.15) is 79.4 Å². The Hall–Kier alpha value is -5.51. The molecular formula is C33H36N4O11S. The highest BCUT2D eigenvalue weighted by Crippen LogP contribution is 2.28. The fourth-order valence-corrected chi connectivity index (χ4v) is 5.83. The molecule has 0 bridgehead atoms. The van der Waals surface area contributed by atoms with Crippen LogP contribution < -0.4 is 5.43 Å². The molecule has 2 unspecified atom stereocenters. The Morgan fingerprint density at radius 2 is 1.00 bits per heavy atom. The van der Waals surface area contributed by atoms with Crippen LogP contribution in [0.25, 0.3) is 20.2 Å². The van der Waals surface area contributed by atoms with Gasteiger partial charge in [0.1, 0.15) is 0 Å². The second-order valence-corrected chi connectivity index (χ2v) is 12.1. The molecule has 2 aromatic carbocycles. The molecule has 49 heavy (non-hydrogen) atoms. The zero-order valence-corrected chi connectivity index (χ0v) is 29.0. The Kier molecular flexibility index (Phi) is 12.8. The van der Waals surface area contributed by atoms with Crippen LogP contribution in [0.5, 0.6) is 0 Å². The van der Waals surface area contributed by atoms with Crippen molar-refractivity contribution in [2.45, 2.75) is 80.3 Å². The Bertz CT molecular complexity index is 1800. The molecule has 1 heterocycles. The molecule has 16 heteroatoms. The van der Waals surface area contributed by atoms with Crippen molar-refractivity contribution in [3.63, 3.8) is 0 Å². The molecule has 260 valence electrons. The van der Waals surface area contributed by atoms with Crippen LogP contribution in [0.2, 0.25) is 0 Å². The summed E-state index contributed by atoms with van der Waals surface area (Å²) in [5.41, 5.74) is 0.866. The maximum Gasteiger partial charge on any atom is 0.331 e. The largest absolute Gasteiger partial charge is 0.338 e. The van der Waals surface area contributed by atoms with Crippen LogP contribution in [-0.2, 0) is 48.1 Å². The lowest BCUT2D eigenvalue weighted by Gasteiger charge is -2.26. The van der Waals surface area contributed by atoms with Crippen LogP contribution in [0, 0.1) is 0 Å². The molecule has 0 saturated carbocycles. The average Bonchev–Trinajstić information content (AvgIpc) is 3.01. The highest BCUT2D eigenvalue weighted by molar-refractivity contribution is 7.24. The predicted molar refractivity (Wildman–Crippen MR) is 179 cm³/mol. The topological polar surface area (TPSA) is 188 Å². The average molecular weight is 697 g/mol. The quantitative estimate of drug-likeness (QED) is 0.128. The second kappa shape index (κ2) is 16.5. The monoisotopic (exact) mass is 696 g/mol. The Morgan fingerprint density at radius 3 is 1.31 bits per heavy atom. The van der Waals surface area contributed by atoms with Crippen molar-refractivity contribution < 1.29 is 48.1 Å². The van der Waals surface area contributed by atoms with Gasteiger partial charge in [-0.25, -0.2) is 9.59 Å². The van der Waals surface area contributed by atoms with Crippen molar-refractivity contribution in [1.29, 1.82) is 0 Å². The molecule has 0 aliphatic rings. The van der Waals surface area contributed by atoms with E-state index >= 15 is 0 Å². The van der Waals surface area contributed by atoms with E-state index in [1.807, 2.05) is 0 Å². The summed E-state index contributed by atoms with van der Waals surface area (Å²) in [6.45, 7) is 10.3. The van der Waals surface area contributed by atoms with Crippen LogP contribution >= 0.6 is 11.3 Å². The van der Waals surface area contributed by atoms with E-state index in [0.717, 1.165) is 24.0 Å². The molecule has 2 amide bonds. The van der Waals surface area contributed by atoms with Gasteiger partial charge in [0.15, 0.2) is 5.43 Å². The minimum absolute atomic E-state index is 0.0141. The van der Waals surface area contributed by atoms with Gasteiger partial charge < -0.3 is 19.4 Å². The Labute approximate surface area is 284 Å². The van der Waals surface area contributed by atoms with Gasteiger partial charge in [-0.05, 0) is 38.1 Å². The number of fused-ring (bicyclic) bond motifs is 2. The first-order valence-corrected chi connectivity index (χ1v) is 15.8. The summed E-state index contributed by atoms with van der Waals surface area (Å²) in [6, 6.07) is 8.52. The third kappa shape index (κ3) is 10.2. The van der Waals surface area contributed by atoms with Gasteiger partial charge >= 0.3 is 23.9 Å². The summed E-state index contributed by atoms with van der Waals surface area (Å²) in [5, 5.41) is 10.3. The van der Waals surface area contributed by atoms with E-state index in [2.05, 4.69) is 10.3 Å². The number of benzene rings is 2. The van der Waals surface area contributed by atoms with Crippen molar-refractivity contribution in [1.82, 2.24) is 10.1 Å². The van der Waals surface area contributed by atoms with Crippen molar-refractivity contribution in [2.24, 2.45) is 10.3 Å². The highest BCUT2D eigenvalue weighted by Gasteiger charge is 2.25. The number of oxime groups is 2. The summed E-state index contributed by atoms with van der Waals surface area (Å²) >= 11 is 1.33. The first kappa shape index (κ1) is 37.9. The normalized spacial score (nSPS) is 12.9. The number of carbonyl (C=O) groups is 6. The van der Waals surface area contributed by atoms with E-state index in [4.69, 9.17) is 19.4 Å². The van der Waals surface area contributed by atoms with Gasteiger partial charge in [-0.15, -0.1) is 11.3 Å². The lowest BCUT2D eigenvalue weighted by atomic mass is 10.00. The molecular weight excluding hydrogens is 660 g/mol. The summed E-state index contributed by atoms with van der Waals surface area (Å²) in [5.74, 6) is -3.87. The lowest BCUT2D eigenvalue weighted by Crippen LogP contribution is -2.39. The van der Waals surface area contributed by atoms with Crippen molar-refractivity contribution >= 4 is 78.6 Å². The molecule has 15 nitrogen and oxygen atoms in total. The van der Waals surface area contributed by atoms with Crippen molar-refractivity contribution in [3.8, 4) is 0 Å². The van der Waals surface area contributed by atoms with Crippen molar-refractivity contribution in [3.05, 3.63) is 57.7 Å². The van der Waals surface area contributed by atoms with E-state index < -0.39 is 47.8 Å². The number of nitrogens with zero attached hydrogens (tertiary/aromatic N) is 4. The molecule has 0 fully saturated rings. The second-order valence-electron chi connectivity index (χ2n) is 11.1. The molecule has 0 N–H and O–H groups in total. The van der Waals surface area contributed by atoms with Gasteiger partial charge in [0, 0.05) is 85.7 Å². The fourth-order valence-electron chi connectivity index (χ4n) is 4.80. The number of amides is 2. The van der Waals surface area contributed by atoms with Crippen LogP contribution in [0.3, 0.4) is 0 Å². The van der Waals surface area contributed by atoms with E-state index in [1.165, 1.54) is 39.0 Å². The van der Waals surface area contributed by atoms with Crippen molar-refractivity contribution in [2.75, 3.05) is 0 Å². The minimum atomic E-state index is -0.725. The predicted octanol–water partition coefficient (Wildman–Crippen LogP) is 4.16. The van der Waals surface area contributed by atoms with E-state index in [1.54, 1.807) is 50.2 Å². The van der Waals surface area contributed by atoms with Gasteiger partial charge in [-0.3, -0.25) is 24.0 Å². The Balaban J connectivity index is 2.13. The summed E-state index contributed by atoms with van der Waals surface area (Å²) < 4.78 is 1.28. The number of hydroxylamine groups is 4. The van der Waals surface area contributed by atoms with E-state index in [-0.39, 0.29) is 29.7 Å². The zero-order chi connectivity index (χ0) is 36.6. The molecule has 1 aromatic heterocycles. The summed E-state index contributed by atoms with van der Waals surface area (Å²) in [7, 11) is 0. The van der Waals surface area contributed by atoms with Crippen LogP contribution in [0.15, 0.2) is 51.5 Å². The molecule has 0 saturated heterocycles. The number of carbonyl (C=O) groups excluding carboxylic acids is 6. The van der Waals surface area contributed by atoms with Gasteiger partial charge in [0.05, 0.1) is 23.5 Å².